The number of hydrogen-bond donors (Lipinski definition) is 0. The average molecular weight is 245 g/mol. The normalized spacial score (nSPS) is 21.7. The Labute approximate surface area is 106 Å². The third-order valence-corrected chi connectivity index (χ3v) is 3.88. The van der Waals surface area contributed by atoms with Crippen molar-refractivity contribution in [2.75, 3.05) is 0 Å². The van der Waals surface area contributed by atoms with E-state index in [1.807, 2.05) is 40.0 Å². The lowest BCUT2D eigenvalue weighted by atomic mass is 9.80. The molecule has 94 valence electrons. The summed E-state index contributed by atoms with van der Waals surface area (Å²) in [6.45, 7) is 8.17. The maximum Gasteiger partial charge on any atom is 0.497 e. The summed E-state index contributed by atoms with van der Waals surface area (Å²) in [7, 11) is -0.369. The molecule has 6 heteroatoms. The van der Waals surface area contributed by atoms with Crippen molar-refractivity contribution in [3.05, 3.63) is 24.8 Å². The molecule has 5 nitrogen and oxygen atoms in total. The van der Waals surface area contributed by atoms with Gasteiger partial charge < -0.3 is 9.31 Å². The summed E-state index contributed by atoms with van der Waals surface area (Å²) in [5.41, 5.74) is 1.22. The summed E-state index contributed by atoms with van der Waals surface area (Å²) in [4.78, 5) is 4.05. The highest BCUT2D eigenvalue weighted by Crippen LogP contribution is 2.36. The van der Waals surface area contributed by atoms with Gasteiger partial charge in [-0.15, -0.1) is 0 Å². The molecule has 2 aromatic heterocycles. The highest BCUT2D eigenvalue weighted by atomic mass is 16.7. The van der Waals surface area contributed by atoms with Crippen molar-refractivity contribution in [1.29, 1.82) is 0 Å². The van der Waals surface area contributed by atoms with E-state index in [1.165, 1.54) is 6.33 Å². The fraction of sp³-hybridized carbons (Fsp3) is 0.500. The number of hydrogen-bond acceptors (Lipinski definition) is 4. The van der Waals surface area contributed by atoms with Crippen molar-refractivity contribution < 1.29 is 9.31 Å². The molecule has 1 fully saturated rings. The molecule has 1 saturated heterocycles. The molecular formula is C12H16BN3O2. The van der Waals surface area contributed by atoms with Crippen molar-refractivity contribution in [2.24, 2.45) is 0 Å². The largest absolute Gasteiger partial charge is 0.497 e. The van der Waals surface area contributed by atoms with Crippen LogP contribution in [0.15, 0.2) is 24.8 Å². The molecule has 0 spiro atoms. The van der Waals surface area contributed by atoms with Gasteiger partial charge in [0.15, 0.2) is 0 Å². The van der Waals surface area contributed by atoms with Gasteiger partial charge in [0.2, 0.25) is 0 Å². The summed E-state index contributed by atoms with van der Waals surface area (Å²) in [5.74, 6) is 0. The minimum absolute atomic E-state index is 0.332. The first-order valence-electron chi connectivity index (χ1n) is 6.04. The molecule has 3 rings (SSSR count). The fourth-order valence-corrected chi connectivity index (χ4v) is 2.04. The lowest BCUT2D eigenvalue weighted by molar-refractivity contribution is 0.00578. The van der Waals surface area contributed by atoms with Crippen molar-refractivity contribution >= 4 is 18.1 Å². The van der Waals surface area contributed by atoms with Crippen molar-refractivity contribution in [3.63, 3.8) is 0 Å². The maximum absolute atomic E-state index is 6.03. The molecule has 0 atom stereocenters. The SMILES string of the molecule is CC1(C)OB(c2ccn3ncncc23)OC1(C)C. The summed E-state index contributed by atoms with van der Waals surface area (Å²) >= 11 is 0. The van der Waals surface area contributed by atoms with E-state index in [2.05, 4.69) is 10.1 Å². The number of fused-ring (bicyclic) bond motifs is 1. The summed E-state index contributed by atoms with van der Waals surface area (Å²) < 4.78 is 13.8. The summed E-state index contributed by atoms with van der Waals surface area (Å²) in [6.07, 6.45) is 5.17. The predicted octanol–water partition coefficient (Wildman–Crippen LogP) is 1.03. The molecule has 0 aromatic carbocycles. The van der Waals surface area contributed by atoms with Crippen LogP contribution in [-0.4, -0.2) is 32.9 Å². The molecule has 1 aliphatic rings. The standard InChI is InChI=1S/C12H16BN3O2/c1-11(2)12(3,4)18-13(17-11)9-5-6-16-10(9)7-14-8-15-16/h5-8H,1-4H3. The molecule has 0 saturated carbocycles. The number of nitrogens with zero attached hydrogens (tertiary/aromatic N) is 3. The molecule has 0 amide bonds. The van der Waals surface area contributed by atoms with Crippen LogP contribution in [0.5, 0.6) is 0 Å². The molecule has 0 aliphatic carbocycles. The molecule has 2 aromatic rings. The Bertz CT molecular complexity index is 578. The zero-order chi connectivity index (χ0) is 13.0. The monoisotopic (exact) mass is 245 g/mol. The smallest absolute Gasteiger partial charge is 0.399 e. The van der Waals surface area contributed by atoms with E-state index in [0.29, 0.717) is 0 Å². The average Bonchev–Trinajstić information content (AvgIpc) is 2.78. The second-order valence-corrected chi connectivity index (χ2v) is 5.60. The van der Waals surface area contributed by atoms with Gasteiger partial charge in [0.1, 0.15) is 6.33 Å². The van der Waals surface area contributed by atoms with E-state index in [-0.39, 0.29) is 18.3 Å². The van der Waals surface area contributed by atoms with Gasteiger partial charge >= 0.3 is 7.12 Å². The Morgan fingerprint density at radius 3 is 2.50 bits per heavy atom. The molecular weight excluding hydrogens is 229 g/mol. The molecule has 3 heterocycles. The van der Waals surface area contributed by atoms with Crippen LogP contribution in [0.4, 0.5) is 0 Å². The van der Waals surface area contributed by atoms with Crippen LogP contribution in [0.25, 0.3) is 5.52 Å². The lowest BCUT2D eigenvalue weighted by Gasteiger charge is -2.32. The number of aromatic nitrogens is 3. The summed E-state index contributed by atoms with van der Waals surface area (Å²) in [5, 5.41) is 4.14. The molecule has 0 radical (unpaired) electrons. The van der Waals surface area contributed by atoms with Gasteiger partial charge in [-0.1, -0.05) is 0 Å². The van der Waals surface area contributed by atoms with Crippen LogP contribution in [-0.2, 0) is 9.31 Å². The third kappa shape index (κ3) is 1.56. The Kier molecular flexibility index (Phi) is 2.31. The summed E-state index contributed by atoms with van der Waals surface area (Å²) in [6, 6.07) is 1.96. The van der Waals surface area contributed by atoms with E-state index in [4.69, 9.17) is 9.31 Å². The van der Waals surface area contributed by atoms with Gasteiger partial charge in [-0.3, -0.25) is 0 Å². The quantitative estimate of drug-likeness (QED) is 0.704. The maximum atomic E-state index is 6.03. The second-order valence-electron chi connectivity index (χ2n) is 5.60. The second kappa shape index (κ2) is 3.55. The Morgan fingerprint density at radius 1 is 1.17 bits per heavy atom. The number of rotatable bonds is 1. The van der Waals surface area contributed by atoms with Crippen LogP contribution < -0.4 is 5.46 Å². The van der Waals surface area contributed by atoms with Gasteiger partial charge in [0.25, 0.3) is 0 Å². The van der Waals surface area contributed by atoms with E-state index >= 15 is 0 Å². The zero-order valence-electron chi connectivity index (χ0n) is 11.0. The predicted molar refractivity (Wildman–Crippen MR) is 68.7 cm³/mol. The highest BCUT2D eigenvalue weighted by molar-refractivity contribution is 6.64. The van der Waals surface area contributed by atoms with Crippen molar-refractivity contribution in [1.82, 2.24) is 14.6 Å². The van der Waals surface area contributed by atoms with Gasteiger partial charge in [0, 0.05) is 11.7 Å². The first-order chi connectivity index (χ1) is 8.41. The fourth-order valence-electron chi connectivity index (χ4n) is 2.04. The Balaban J connectivity index is 2.03. The Morgan fingerprint density at radius 2 is 1.83 bits per heavy atom. The van der Waals surface area contributed by atoms with Crippen LogP contribution in [0, 0.1) is 0 Å². The van der Waals surface area contributed by atoms with Crippen molar-refractivity contribution in [2.45, 2.75) is 38.9 Å². The van der Waals surface area contributed by atoms with E-state index in [1.54, 1.807) is 10.7 Å². The minimum atomic E-state index is -0.369. The zero-order valence-corrected chi connectivity index (χ0v) is 11.0. The molecule has 18 heavy (non-hydrogen) atoms. The van der Waals surface area contributed by atoms with E-state index < -0.39 is 0 Å². The molecule has 0 unspecified atom stereocenters. The van der Waals surface area contributed by atoms with Crippen LogP contribution in [0.1, 0.15) is 27.7 Å². The van der Waals surface area contributed by atoms with E-state index in [0.717, 1.165) is 11.0 Å². The minimum Gasteiger partial charge on any atom is -0.399 e. The topological polar surface area (TPSA) is 48.7 Å². The van der Waals surface area contributed by atoms with Crippen LogP contribution >= 0.6 is 0 Å². The molecule has 1 aliphatic heterocycles. The lowest BCUT2D eigenvalue weighted by Crippen LogP contribution is -2.41. The van der Waals surface area contributed by atoms with Gasteiger partial charge in [-0.05, 0) is 33.8 Å². The van der Waals surface area contributed by atoms with Crippen molar-refractivity contribution in [3.8, 4) is 0 Å². The first kappa shape index (κ1) is 11.7. The van der Waals surface area contributed by atoms with Gasteiger partial charge in [-0.2, -0.15) is 5.10 Å². The van der Waals surface area contributed by atoms with E-state index in [9.17, 15) is 0 Å². The third-order valence-electron chi connectivity index (χ3n) is 3.88. The Hall–Kier alpha value is -1.40. The van der Waals surface area contributed by atoms with Gasteiger partial charge in [-0.25, -0.2) is 9.50 Å². The van der Waals surface area contributed by atoms with Crippen LogP contribution in [0.3, 0.4) is 0 Å². The van der Waals surface area contributed by atoms with Crippen LogP contribution in [0.2, 0.25) is 0 Å². The molecule has 0 bridgehead atoms. The van der Waals surface area contributed by atoms with Gasteiger partial charge in [0.05, 0.1) is 22.9 Å². The first-order valence-corrected chi connectivity index (χ1v) is 6.04. The molecule has 0 N–H and O–H groups in total. The highest BCUT2D eigenvalue weighted by Gasteiger charge is 2.52.